The Morgan fingerprint density at radius 1 is 1.16 bits per heavy atom. The molecule has 7 heteroatoms. The van der Waals surface area contributed by atoms with E-state index < -0.39 is 5.41 Å². The number of amides is 1. The topological polar surface area (TPSA) is 77.0 Å². The molecule has 4 rings (SSSR count). The van der Waals surface area contributed by atoms with Gasteiger partial charge in [-0.25, -0.2) is 19.3 Å². The Bertz CT molecular complexity index is 1150. The van der Waals surface area contributed by atoms with E-state index in [2.05, 4.69) is 20.3 Å². The van der Waals surface area contributed by atoms with Gasteiger partial charge in [0.1, 0.15) is 17.5 Å². The molecule has 3 aromatic rings. The standard InChI is InChI=1S/C24H25FN4O2/c1-14-8-22(27-11-15(14)2)29-23(30)20-10-24(20,18-6-5-7-19(25)9-18)13-31-21-12-26-17(4)28-16(21)3/h5-9,11-12,20H,10,13H2,1-4H3,(H,27,29,30)/t20-,24+/m0/s1. The van der Waals surface area contributed by atoms with Crippen LogP contribution >= 0.6 is 0 Å². The lowest BCUT2D eigenvalue weighted by molar-refractivity contribution is -0.117. The average molecular weight is 420 g/mol. The predicted molar refractivity (Wildman–Crippen MR) is 116 cm³/mol. The van der Waals surface area contributed by atoms with E-state index in [9.17, 15) is 9.18 Å². The van der Waals surface area contributed by atoms with Gasteiger partial charge in [0.15, 0.2) is 5.75 Å². The normalized spacial score (nSPS) is 19.7. The molecule has 2 aromatic heterocycles. The molecule has 0 unspecified atom stereocenters. The first kappa shape index (κ1) is 20.9. The summed E-state index contributed by atoms with van der Waals surface area (Å²) in [5.74, 6) is 0.882. The fourth-order valence-corrected chi connectivity index (χ4v) is 3.84. The van der Waals surface area contributed by atoms with E-state index in [4.69, 9.17) is 4.74 Å². The minimum atomic E-state index is -0.622. The Morgan fingerprint density at radius 3 is 2.68 bits per heavy atom. The van der Waals surface area contributed by atoms with Gasteiger partial charge in [0.05, 0.1) is 24.4 Å². The Labute approximate surface area is 180 Å². The smallest absolute Gasteiger partial charge is 0.229 e. The maximum atomic E-state index is 14.0. The van der Waals surface area contributed by atoms with Crippen molar-refractivity contribution in [3.63, 3.8) is 0 Å². The number of aromatic nitrogens is 3. The molecule has 1 aliphatic rings. The SMILES string of the molecule is Cc1ncc(OC[C@@]2(c3cccc(F)c3)C[C@H]2C(=O)Nc2cc(C)c(C)cn2)c(C)n1. The zero-order valence-corrected chi connectivity index (χ0v) is 18.1. The predicted octanol–water partition coefficient (Wildman–Crippen LogP) is 4.22. The Kier molecular flexibility index (Phi) is 5.43. The van der Waals surface area contributed by atoms with Crippen LogP contribution in [0.2, 0.25) is 0 Å². The highest BCUT2D eigenvalue weighted by Crippen LogP contribution is 2.55. The zero-order chi connectivity index (χ0) is 22.2. The van der Waals surface area contributed by atoms with Crippen LogP contribution in [0.3, 0.4) is 0 Å². The lowest BCUT2D eigenvalue weighted by atomic mass is 9.93. The van der Waals surface area contributed by atoms with Crippen molar-refractivity contribution >= 4 is 11.7 Å². The number of pyridine rings is 1. The summed E-state index contributed by atoms with van der Waals surface area (Å²) in [4.78, 5) is 25.9. The third-order valence-corrected chi connectivity index (χ3v) is 5.96. The van der Waals surface area contributed by atoms with Gasteiger partial charge in [-0.15, -0.1) is 0 Å². The van der Waals surface area contributed by atoms with Crippen LogP contribution in [0.4, 0.5) is 10.2 Å². The fraction of sp³-hybridized carbons (Fsp3) is 0.333. The van der Waals surface area contributed by atoms with Crippen LogP contribution in [-0.2, 0) is 10.2 Å². The van der Waals surface area contributed by atoms with Gasteiger partial charge in [-0.05, 0) is 69.0 Å². The number of halogens is 1. The van der Waals surface area contributed by atoms with Gasteiger partial charge in [-0.1, -0.05) is 12.1 Å². The van der Waals surface area contributed by atoms with Gasteiger partial charge < -0.3 is 10.1 Å². The molecule has 1 amide bonds. The van der Waals surface area contributed by atoms with Gasteiger partial charge >= 0.3 is 0 Å². The summed E-state index contributed by atoms with van der Waals surface area (Å²) in [6.45, 7) is 7.83. The number of hydrogen-bond acceptors (Lipinski definition) is 5. The minimum Gasteiger partial charge on any atom is -0.489 e. The number of carbonyl (C=O) groups excluding carboxylic acids is 1. The lowest BCUT2D eigenvalue weighted by Crippen LogP contribution is -2.27. The van der Waals surface area contributed by atoms with E-state index in [0.717, 1.165) is 22.4 Å². The number of nitrogens with one attached hydrogen (secondary N) is 1. The number of aryl methyl sites for hydroxylation is 4. The number of hydrogen-bond donors (Lipinski definition) is 1. The lowest BCUT2D eigenvalue weighted by Gasteiger charge is -2.20. The molecule has 160 valence electrons. The number of ether oxygens (including phenoxy) is 1. The summed E-state index contributed by atoms with van der Waals surface area (Å²) < 4.78 is 20.0. The van der Waals surface area contributed by atoms with Crippen molar-refractivity contribution in [1.82, 2.24) is 15.0 Å². The summed E-state index contributed by atoms with van der Waals surface area (Å²) in [5, 5.41) is 2.90. The van der Waals surface area contributed by atoms with Gasteiger partial charge in [-0.3, -0.25) is 4.79 Å². The van der Waals surface area contributed by atoms with Crippen LogP contribution in [0.5, 0.6) is 5.75 Å². The van der Waals surface area contributed by atoms with Crippen molar-refractivity contribution in [2.24, 2.45) is 5.92 Å². The molecular weight excluding hydrogens is 395 g/mol. The number of nitrogens with zero attached hydrogens (tertiary/aromatic N) is 3. The van der Waals surface area contributed by atoms with Crippen LogP contribution in [0.1, 0.15) is 34.6 Å². The number of rotatable bonds is 6. The van der Waals surface area contributed by atoms with Crippen LogP contribution < -0.4 is 10.1 Å². The molecule has 1 N–H and O–H groups in total. The van der Waals surface area contributed by atoms with Crippen molar-refractivity contribution in [2.75, 3.05) is 11.9 Å². The summed E-state index contributed by atoms with van der Waals surface area (Å²) in [7, 11) is 0. The third-order valence-electron chi connectivity index (χ3n) is 5.96. The van der Waals surface area contributed by atoms with Crippen LogP contribution in [0.25, 0.3) is 0 Å². The van der Waals surface area contributed by atoms with E-state index in [0.29, 0.717) is 23.8 Å². The van der Waals surface area contributed by atoms with Crippen molar-refractivity contribution in [3.8, 4) is 5.75 Å². The number of benzene rings is 1. The molecule has 0 radical (unpaired) electrons. The molecule has 1 aliphatic carbocycles. The van der Waals surface area contributed by atoms with Gasteiger partial charge in [0.2, 0.25) is 5.91 Å². The second-order valence-electron chi connectivity index (χ2n) is 8.22. The van der Waals surface area contributed by atoms with E-state index in [1.54, 1.807) is 18.5 Å². The first-order valence-corrected chi connectivity index (χ1v) is 10.2. The van der Waals surface area contributed by atoms with Crippen molar-refractivity contribution in [3.05, 3.63) is 76.8 Å². The third kappa shape index (κ3) is 4.26. The molecule has 31 heavy (non-hydrogen) atoms. The maximum Gasteiger partial charge on any atom is 0.229 e. The van der Waals surface area contributed by atoms with E-state index in [-0.39, 0.29) is 24.2 Å². The van der Waals surface area contributed by atoms with E-state index in [1.165, 1.54) is 12.1 Å². The van der Waals surface area contributed by atoms with Gasteiger partial charge in [-0.2, -0.15) is 0 Å². The molecule has 0 aliphatic heterocycles. The first-order chi connectivity index (χ1) is 14.8. The zero-order valence-electron chi connectivity index (χ0n) is 18.1. The van der Waals surface area contributed by atoms with E-state index in [1.807, 2.05) is 39.8 Å². The monoisotopic (exact) mass is 420 g/mol. The van der Waals surface area contributed by atoms with Crippen LogP contribution in [0, 0.1) is 39.4 Å². The summed E-state index contributed by atoms with van der Waals surface area (Å²) >= 11 is 0. The minimum absolute atomic E-state index is 0.152. The highest BCUT2D eigenvalue weighted by Gasteiger charge is 2.60. The van der Waals surface area contributed by atoms with E-state index >= 15 is 0 Å². The van der Waals surface area contributed by atoms with Gasteiger partial charge in [0, 0.05) is 11.6 Å². The Balaban J connectivity index is 1.57. The number of carbonyl (C=O) groups is 1. The highest BCUT2D eigenvalue weighted by molar-refractivity contribution is 5.95. The molecular formula is C24H25FN4O2. The van der Waals surface area contributed by atoms with Crippen LogP contribution in [-0.4, -0.2) is 27.5 Å². The Morgan fingerprint density at radius 2 is 1.97 bits per heavy atom. The Hall–Kier alpha value is -3.35. The molecule has 0 spiro atoms. The van der Waals surface area contributed by atoms with Crippen LogP contribution in [0.15, 0.2) is 42.7 Å². The molecule has 1 saturated carbocycles. The second kappa shape index (κ2) is 8.06. The molecule has 1 fully saturated rings. The average Bonchev–Trinajstić information content (AvgIpc) is 3.46. The van der Waals surface area contributed by atoms with Crippen molar-refractivity contribution in [2.45, 2.75) is 39.5 Å². The fourth-order valence-electron chi connectivity index (χ4n) is 3.84. The molecule has 6 nitrogen and oxygen atoms in total. The molecule has 2 heterocycles. The summed E-state index contributed by atoms with van der Waals surface area (Å²) in [6.07, 6.45) is 3.92. The van der Waals surface area contributed by atoms with Gasteiger partial charge in [0.25, 0.3) is 0 Å². The first-order valence-electron chi connectivity index (χ1n) is 10.2. The maximum absolute atomic E-state index is 14.0. The molecule has 1 aromatic carbocycles. The quantitative estimate of drug-likeness (QED) is 0.646. The summed E-state index contributed by atoms with van der Waals surface area (Å²) in [6, 6.07) is 8.22. The molecule has 0 saturated heterocycles. The molecule has 2 atom stereocenters. The van der Waals surface area contributed by atoms with Crippen molar-refractivity contribution < 1.29 is 13.9 Å². The second-order valence-corrected chi connectivity index (χ2v) is 8.22. The highest BCUT2D eigenvalue weighted by atomic mass is 19.1. The molecule has 0 bridgehead atoms. The summed E-state index contributed by atoms with van der Waals surface area (Å²) in [5.41, 5.74) is 2.95. The number of anilines is 1. The largest absolute Gasteiger partial charge is 0.489 e. The van der Waals surface area contributed by atoms with Crippen molar-refractivity contribution in [1.29, 1.82) is 0 Å².